The van der Waals surface area contributed by atoms with E-state index in [4.69, 9.17) is 18.9 Å². The Labute approximate surface area is 374 Å². The number of carbonyl (C=O) groups is 2. The van der Waals surface area contributed by atoms with Crippen molar-refractivity contribution in [1.82, 2.24) is 9.80 Å². The normalized spacial score (nSPS) is 19.9. The van der Waals surface area contributed by atoms with Gasteiger partial charge >= 0.3 is 0 Å². The zero-order valence-electron chi connectivity index (χ0n) is 38.6. The standard InChI is InChI=1S/C25H31NO3.C24H29NO3.2C2H6.CH4/c1-25(16-20-13-22(28-2)23(29-3)14-21(20)24(25)27)15-18-9-11-26(12-10-18)17-19-7-5-4-6-8-19;1-27-22-14-19-13-20(24(26)21(19)15-23(22)28-2)12-17-8-10-25(11-9-17)16-18-6-4-3-5-7-18;2*1-2;/h4-8,13-14,18H,9-12,15-17H2,1-3H3;3-7,14-15,17,20H,8-13,16H2,1-2H3;2*1-2H3;1H4. The molecule has 2 aliphatic carbocycles. The number of ether oxygens (including phenoxy) is 4. The Bertz CT molecular complexity index is 1990. The minimum atomic E-state index is -0.314. The van der Waals surface area contributed by atoms with Crippen molar-refractivity contribution in [1.29, 1.82) is 0 Å². The first-order chi connectivity index (χ1) is 29.7. The van der Waals surface area contributed by atoms with Gasteiger partial charge in [-0.15, -0.1) is 0 Å². The predicted octanol–water partition coefficient (Wildman–Crippen LogP) is 11.8. The van der Waals surface area contributed by atoms with Crippen molar-refractivity contribution in [3.05, 3.63) is 118 Å². The van der Waals surface area contributed by atoms with Crippen molar-refractivity contribution in [3.8, 4) is 23.0 Å². The molecule has 0 spiro atoms. The molecule has 0 N–H and O–H groups in total. The fourth-order valence-corrected chi connectivity index (χ4v) is 9.81. The van der Waals surface area contributed by atoms with Crippen molar-refractivity contribution in [2.45, 2.75) is 107 Å². The zero-order chi connectivity index (χ0) is 43.9. The van der Waals surface area contributed by atoms with E-state index in [-0.39, 0.29) is 30.3 Å². The van der Waals surface area contributed by atoms with Gasteiger partial charge in [0.1, 0.15) is 0 Å². The molecule has 0 radical (unpaired) electrons. The van der Waals surface area contributed by atoms with Crippen molar-refractivity contribution >= 4 is 11.6 Å². The van der Waals surface area contributed by atoms with E-state index in [9.17, 15) is 9.59 Å². The van der Waals surface area contributed by atoms with Gasteiger partial charge in [-0.1, -0.05) is 103 Å². The monoisotopic (exact) mass is 849 g/mol. The number of ketones is 2. The molecule has 4 aliphatic rings. The van der Waals surface area contributed by atoms with Gasteiger partial charge < -0.3 is 18.9 Å². The third-order valence-electron chi connectivity index (χ3n) is 13.0. The molecule has 2 fully saturated rings. The fourth-order valence-electron chi connectivity index (χ4n) is 9.81. The number of rotatable bonds is 12. The first-order valence-corrected chi connectivity index (χ1v) is 22.8. The van der Waals surface area contributed by atoms with Crippen LogP contribution >= 0.6 is 0 Å². The van der Waals surface area contributed by atoms with E-state index >= 15 is 0 Å². The van der Waals surface area contributed by atoms with E-state index in [0.717, 1.165) is 87.2 Å². The topological polar surface area (TPSA) is 77.5 Å². The van der Waals surface area contributed by atoms with Gasteiger partial charge in [0.2, 0.25) is 0 Å². The van der Waals surface area contributed by atoms with Crippen LogP contribution in [0.2, 0.25) is 0 Å². The molecule has 2 atom stereocenters. The van der Waals surface area contributed by atoms with Crippen molar-refractivity contribution in [2.75, 3.05) is 54.6 Å². The van der Waals surface area contributed by atoms with Crippen LogP contribution in [0.15, 0.2) is 84.9 Å². The van der Waals surface area contributed by atoms with Gasteiger partial charge in [-0.25, -0.2) is 0 Å². The Morgan fingerprint density at radius 1 is 0.581 bits per heavy atom. The van der Waals surface area contributed by atoms with E-state index < -0.39 is 0 Å². The Kier molecular flexibility index (Phi) is 19.6. The number of Topliss-reactive ketones (excluding diaryl/α,β-unsaturated/α-hetero) is 2. The number of carbonyl (C=O) groups excluding carboxylic acids is 2. The summed E-state index contributed by atoms with van der Waals surface area (Å²) in [6, 6.07) is 29.0. The van der Waals surface area contributed by atoms with Gasteiger partial charge in [0.05, 0.1) is 28.4 Å². The molecule has 2 unspecified atom stereocenters. The fraction of sp³-hybridized carbons (Fsp3) is 0.519. The van der Waals surface area contributed by atoms with Crippen LogP contribution in [-0.4, -0.2) is 76.0 Å². The Morgan fingerprint density at radius 2 is 1.00 bits per heavy atom. The quantitative estimate of drug-likeness (QED) is 0.139. The van der Waals surface area contributed by atoms with E-state index in [1.807, 2.05) is 52.0 Å². The highest BCUT2D eigenvalue weighted by molar-refractivity contribution is 6.05. The summed E-state index contributed by atoms with van der Waals surface area (Å²) in [7, 11) is 6.52. The summed E-state index contributed by atoms with van der Waals surface area (Å²) < 4.78 is 21.6. The highest BCUT2D eigenvalue weighted by Crippen LogP contribution is 2.46. The largest absolute Gasteiger partial charge is 0.493 e. The van der Waals surface area contributed by atoms with Gasteiger partial charge in [0, 0.05) is 35.5 Å². The minimum Gasteiger partial charge on any atom is -0.493 e. The summed E-state index contributed by atoms with van der Waals surface area (Å²) in [5.74, 6) is 4.59. The molecule has 0 bridgehead atoms. The number of nitrogens with zero attached hydrogens (tertiary/aromatic N) is 2. The molecule has 8 heteroatoms. The van der Waals surface area contributed by atoms with Crippen molar-refractivity contribution in [3.63, 3.8) is 0 Å². The molecule has 62 heavy (non-hydrogen) atoms. The number of hydrogen-bond acceptors (Lipinski definition) is 8. The average Bonchev–Trinajstić information content (AvgIpc) is 3.74. The summed E-state index contributed by atoms with van der Waals surface area (Å²) in [6.45, 7) is 16.7. The number of fused-ring (bicyclic) bond motifs is 2. The minimum absolute atomic E-state index is 0. The van der Waals surface area contributed by atoms with Crippen LogP contribution in [0.25, 0.3) is 0 Å². The first-order valence-electron chi connectivity index (χ1n) is 22.8. The predicted molar refractivity (Wildman–Crippen MR) is 254 cm³/mol. The molecule has 2 heterocycles. The third kappa shape index (κ3) is 12.3. The summed E-state index contributed by atoms with van der Waals surface area (Å²) in [5.41, 5.74) is 6.28. The molecule has 4 aromatic carbocycles. The van der Waals surface area contributed by atoms with Crippen LogP contribution in [0.4, 0.5) is 0 Å². The molecular formula is C54H76N2O6. The van der Waals surface area contributed by atoms with E-state index in [1.165, 1.54) is 36.8 Å². The molecule has 0 amide bonds. The smallest absolute Gasteiger partial charge is 0.169 e. The van der Waals surface area contributed by atoms with Crippen LogP contribution in [0.3, 0.4) is 0 Å². The lowest BCUT2D eigenvalue weighted by molar-refractivity contribution is 0.0758. The van der Waals surface area contributed by atoms with Crippen molar-refractivity contribution in [2.24, 2.45) is 23.2 Å². The third-order valence-corrected chi connectivity index (χ3v) is 13.0. The SMILES string of the molecule is C.CC.CC.COc1cc2c(cc1OC)C(=O)C(C)(CC1CCN(Cc3ccccc3)CC1)C2.COc1cc2c(cc1OC)C(=O)C(CC1CCN(Cc3ccccc3)CC1)C2. The van der Waals surface area contributed by atoms with Gasteiger partial charge in [-0.3, -0.25) is 19.4 Å². The first kappa shape index (κ1) is 50.0. The van der Waals surface area contributed by atoms with Crippen LogP contribution in [0.5, 0.6) is 23.0 Å². The van der Waals surface area contributed by atoms with Crippen molar-refractivity contribution < 1.29 is 28.5 Å². The summed E-state index contributed by atoms with van der Waals surface area (Å²) in [4.78, 5) is 31.3. The van der Waals surface area contributed by atoms with Crippen LogP contribution in [0.1, 0.15) is 124 Å². The molecule has 4 aromatic rings. The van der Waals surface area contributed by atoms with Gasteiger partial charge in [0.25, 0.3) is 0 Å². The van der Waals surface area contributed by atoms with E-state index in [0.29, 0.717) is 34.8 Å². The van der Waals surface area contributed by atoms with Crippen LogP contribution in [-0.2, 0) is 25.9 Å². The highest BCUT2D eigenvalue weighted by Gasteiger charge is 2.44. The number of hydrogen-bond donors (Lipinski definition) is 0. The van der Waals surface area contributed by atoms with Gasteiger partial charge in [-0.05, 0) is 136 Å². The second-order valence-electron chi connectivity index (χ2n) is 16.9. The molecule has 338 valence electrons. The lowest BCUT2D eigenvalue weighted by Crippen LogP contribution is -2.36. The molecule has 2 saturated heterocycles. The Hall–Kier alpha value is -4.66. The maximum atomic E-state index is 13.3. The van der Waals surface area contributed by atoms with E-state index in [1.54, 1.807) is 28.4 Å². The molecule has 2 aliphatic heterocycles. The van der Waals surface area contributed by atoms with Gasteiger partial charge in [-0.2, -0.15) is 0 Å². The second-order valence-corrected chi connectivity index (χ2v) is 16.9. The Balaban J connectivity index is 0.000000249. The summed E-state index contributed by atoms with van der Waals surface area (Å²) in [6.07, 6.45) is 8.28. The summed E-state index contributed by atoms with van der Waals surface area (Å²) >= 11 is 0. The number of likely N-dealkylation sites (tertiary alicyclic amines) is 2. The molecule has 8 rings (SSSR count). The lowest BCUT2D eigenvalue weighted by atomic mass is 9.75. The van der Waals surface area contributed by atoms with Crippen LogP contribution < -0.4 is 18.9 Å². The second kappa shape index (κ2) is 24.3. The molecule has 0 saturated carbocycles. The maximum absolute atomic E-state index is 13.3. The number of piperidine rings is 2. The average molecular weight is 849 g/mol. The number of methoxy groups -OCH3 is 4. The molecular weight excluding hydrogens is 773 g/mol. The van der Waals surface area contributed by atoms with E-state index in [2.05, 4.69) is 77.4 Å². The van der Waals surface area contributed by atoms with Gasteiger partial charge in [0.15, 0.2) is 34.6 Å². The highest BCUT2D eigenvalue weighted by atomic mass is 16.5. The Morgan fingerprint density at radius 3 is 1.47 bits per heavy atom. The lowest BCUT2D eigenvalue weighted by Gasteiger charge is -2.35. The number of benzene rings is 4. The van der Waals surface area contributed by atoms with Crippen LogP contribution in [0, 0.1) is 23.2 Å². The maximum Gasteiger partial charge on any atom is 0.169 e. The zero-order valence-corrected chi connectivity index (χ0v) is 38.6. The summed E-state index contributed by atoms with van der Waals surface area (Å²) in [5, 5.41) is 0. The molecule has 0 aromatic heterocycles. The molecule has 8 nitrogen and oxygen atoms in total.